The first-order chi connectivity index (χ1) is 20.8. The molecule has 1 aliphatic heterocycles. The Kier molecular flexibility index (Phi) is 8.94. The second kappa shape index (κ2) is 12.7. The number of carbonyl (C=O) groups is 1. The molecule has 0 radical (unpaired) electrons. The third kappa shape index (κ3) is 5.43. The van der Waals surface area contributed by atoms with E-state index in [9.17, 15) is 9.59 Å². The number of nitrogens with zero attached hydrogens (tertiary/aromatic N) is 3. The molecule has 224 valence electrons. The van der Waals surface area contributed by atoms with Crippen LogP contribution in [0.4, 0.5) is 0 Å². The number of thiazole rings is 1. The summed E-state index contributed by atoms with van der Waals surface area (Å²) in [5.74, 6) is 1.34. The number of allylic oxidation sites excluding steroid dienone is 1. The summed E-state index contributed by atoms with van der Waals surface area (Å²) in [7, 11) is 3.13. The Morgan fingerprint density at radius 2 is 1.81 bits per heavy atom. The molecular formula is C33H34ClN3O5S. The zero-order valence-corrected chi connectivity index (χ0v) is 26.6. The van der Waals surface area contributed by atoms with E-state index in [1.165, 1.54) is 18.4 Å². The van der Waals surface area contributed by atoms with Gasteiger partial charge in [0.15, 0.2) is 16.3 Å². The number of likely N-dealkylation sites (N-methyl/N-ethyl adjacent to an activating group) is 1. The minimum absolute atomic E-state index is 0.163. The highest BCUT2D eigenvalue weighted by Gasteiger charge is 2.36. The van der Waals surface area contributed by atoms with Crippen LogP contribution in [0.3, 0.4) is 0 Å². The zero-order valence-electron chi connectivity index (χ0n) is 25.1. The summed E-state index contributed by atoms with van der Waals surface area (Å²) in [5, 5.41) is 2.24. The lowest BCUT2D eigenvalue weighted by Crippen LogP contribution is -2.43. The van der Waals surface area contributed by atoms with Crippen LogP contribution in [0.1, 0.15) is 44.9 Å². The Morgan fingerprint density at radius 3 is 2.49 bits per heavy atom. The van der Waals surface area contributed by atoms with Gasteiger partial charge in [-0.25, -0.2) is 4.99 Å². The SMILES string of the molecule is CCOc1cc(/C=c2/sc3n(c2=O)[C@@H](c2c(OC)ccc4ccccc24)C(C(=O)N(CC)CC)=C(C)N=3)cc(Cl)c1OC. The molecule has 0 saturated carbocycles. The van der Waals surface area contributed by atoms with Crippen molar-refractivity contribution in [2.24, 2.45) is 4.99 Å². The molecule has 0 N–H and O–H groups in total. The van der Waals surface area contributed by atoms with Crippen LogP contribution < -0.4 is 29.1 Å². The van der Waals surface area contributed by atoms with Crippen LogP contribution in [-0.4, -0.2) is 49.3 Å². The number of rotatable bonds is 9. The Labute approximate surface area is 259 Å². The number of halogens is 1. The summed E-state index contributed by atoms with van der Waals surface area (Å²) in [6, 6.07) is 14.5. The van der Waals surface area contributed by atoms with E-state index < -0.39 is 6.04 Å². The summed E-state index contributed by atoms with van der Waals surface area (Å²) < 4.78 is 19.1. The van der Waals surface area contributed by atoms with Crippen LogP contribution in [0.2, 0.25) is 5.02 Å². The number of fused-ring (bicyclic) bond motifs is 2. The van der Waals surface area contributed by atoms with Crippen molar-refractivity contribution in [1.82, 2.24) is 9.47 Å². The quantitative estimate of drug-likeness (QED) is 0.253. The maximum Gasteiger partial charge on any atom is 0.271 e. The van der Waals surface area contributed by atoms with Gasteiger partial charge in [0, 0.05) is 18.7 Å². The van der Waals surface area contributed by atoms with Crippen LogP contribution in [0, 0.1) is 0 Å². The molecule has 1 aromatic heterocycles. The minimum Gasteiger partial charge on any atom is -0.496 e. The number of carbonyl (C=O) groups excluding carboxylic acids is 1. The fourth-order valence-electron chi connectivity index (χ4n) is 5.57. The van der Waals surface area contributed by atoms with E-state index in [2.05, 4.69) is 0 Å². The van der Waals surface area contributed by atoms with E-state index in [-0.39, 0.29) is 11.5 Å². The van der Waals surface area contributed by atoms with Crippen molar-refractivity contribution >= 4 is 45.7 Å². The molecule has 1 amide bonds. The summed E-state index contributed by atoms with van der Waals surface area (Å²) in [6.07, 6.45) is 1.76. The number of amides is 1. The Hall–Kier alpha value is -4.08. The average molecular weight is 620 g/mol. The molecule has 43 heavy (non-hydrogen) atoms. The number of aromatic nitrogens is 1. The van der Waals surface area contributed by atoms with Gasteiger partial charge in [0.2, 0.25) is 0 Å². The van der Waals surface area contributed by atoms with E-state index >= 15 is 0 Å². The van der Waals surface area contributed by atoms with E-state index in [0.29, 0.717) is 68.1 Å². The molecule has 0 aliphatic carbocycles. The predicted molar refractivity (Wildman–Crippen MR) is 171 cm³/mol. The summed E-state index contributed by atoms with van der Waals surface area (Å²) >= 11 is 7.77. The Bertz CT molecular complexity index is 1920. The molecule has 1 atom stereocenters. The fourth-order valence-corrected chi connectivity index (χ4v) is 6.91. The third-order valence-corrected chi connectivity index (χ3v) is 8.82. The highest BCUT2D eigenvalue weighted by atomic mass is 35.5. The summed E-state index contributed by atoms with van der Waals surface area (Å²) in [6.45, 7) is 9.06. The van der Waals surface area contributed by atoms with Crippen molar-refractivity contribution < 1.29 is 19.0 Å². The van der Waals surface area contributed by atoms with Gasteiger partial charge in [-0.05, 0) is 68.3 Å². The lowest BCUT2D eigenvalue weighted by Gasteiger charge is -2.30. The molecule has 1 aliphatic rings. The highest BCUT2D eigenvalue weighted by Crippen LogP contribution is 2.41. The molecule has 0 bridgehead atoms. The highest BCUT2D eigenvalue weighted by molar-refractivity contribution is 7.07. The van der Waals surface area contributed by atoms with E-state index in [1.54, 1.807) is 34.8 Å². The standard InChI is InChI=1S/C33H34ClN3O5S/c1-7-36(8-2)32(39)27-19(4)35-33-37(29(27)28-22-13-11-10-12-21(22)14-15-24(28)40-5)31(38)26(43-33)18-20-16-23(34)30(41-6)25(17-20)42-9-3/h10-18,29H,7-9H2,1-6H3/b26-18+/t29-/m1/s1. The molecular weight excluding hydrogens is 586 g/mol. The van der Waals surface area contributed by atoms with Crippen LogP contribution in [-0.2, 0) is 4.79 Å². The van der Waals surface area contributed by atoms with E-state index in [0.717, 1.165) is 16.3 Å². The molecule has 4 aromatic rings. The first-order valence-electron chi connectivity index (χ1n) is 14.2. The van der Waals surface area contributed by atoms with Crippen LogP contribution in [0.5, 0.6) is 17.2 Å². The fraction of sp³-hybridized carbons (Fsp3) is 0.303. The normalized spacial score (nSPS) is 14.9. The number of benzene rings is 3. The maximum absolute atomic E-state index is 14.3. The molecule has 0 unspecified atom stereocenters. The molecule has 5 rings (SSSR count). The zero-order chi connectivity index (χ0) is 30.8. The molecule has 0 fully saturated rings. The predicted octanol–water partition coefficient (Wildman–Crippen LogP) is 5.33. The largest absolute Gasteiger partial charge is 0.496 e. The van der Waals surface area contributed by atoms with Crippen LogP contribution in [0.25, 0.3) is 16.8 Å². The molecule has 3 aromatic carbocycles. The van der Waals surface area contributed by atoms with Crippen molar-refractivity contribution in [1.29, 1.82) is 0 Å². The number of methoxy groups -OCH3 is 2. The van der Waals surface area contributed by atoms with Gasteiger partial charge in [-0.15, -0.1) is 0 Å². The first kappa shape index (κ1) is 30.4. The summed E-state index contributed by atoms with van der Waals surface area (Å²) in [5.41, 5.74) is 2.16. The minimum atomic E-state index is -0.758. The number of ether oxygens (including phenoxy) is 3. The average Bonchev–Trinajstić information content (AvgIpc) is 3.30. The van der Waals surface area contributed by atoms with Gasteiger partial charge in [-0.3, -0.25) is 14.2 Å². The number of hydrogen-bond acceptors (Lipinski definition) is 7. The Balaban J connectivity index is 1.82. The number of hydrogen-bond donors (Lipinski definition) is 0. The molecule has 0 spiro atoms. The van der Waals surface area contributed by atoms with E-state index in [4.69, 9.17) is 30.8 Å². The van der Waals surface area contributed by atoms with Crippen molar-refractivity contribution in [3.8, 4) is 17.2 Å². The van der Waals surface area contributed by atoms with E-state index in [1.807, 2.05) is 64.1 Å². The second-order valence-corrected chi connectivity index (χ2v) is 11.3. The Morgan fingerprint density at radius 1 is 1.07 bits per heavy atom. The van der Waals surface area contributed by atoms with Gasteiger partial charge >= 0.3 is 0 Å². The van der Waals surface area contributed by atoms with Gasteiger partial charge < -0.3 is 19.1 Å². The van der Waals surface area contributed by atoms with Gasteiger partial charge in [0.1, 0.15) is 11.8 Å². The topological polar surface area (TPSA) is 82.4 Å². The third-order valence-electron chi connectivity index (χ3n) is 7.56. The monoisotopic (exact) mass is 619 g/mol. The van der Waals surface area contributed by atoms with Gasteiger partial charge in [0.25, 0.3) is 11.5 Å². The van der Waals surface area contributed by atoms with Crippen molar-refractivity contribution in [3.63, 3.8) is 0 Å². The van der Waals surface area contributed by atoms with Crippen LogP contribution in [0.15, 0.2) is 69.6 Å². The lowest BCUT2D eigenvalue weighted by atomic mass is 9.90. The van der Waals surface area contributed by atoms with Crippen molar-refractivity contribution in [3.05, 3.63) is 95.6 Å². The van der Waals surface area contributed by atoms with Gasteiger partial charge in [-0.2, -0.15) is 0 Å². The smallest absolute Gasteiger partial charge is 0.271 e. The second-order valence-electron chi connectivity index (χ2n) is 9.93. The molecule has 2 heterocycles. The molecule has 8 nitrogen and oxygen atoms in total. The molecule has 10 heteroatoms. The van der Waals surface area contributed by atoms with Crippen molar-refractivity contribution in [2.75, 3.05) is 33.9 Å². The van der Waals surface area contributed by atoms with Crippen molar-refractivity contribution in [2.45, 2.75) is 33.7 Å². The first-order valence-corrected chi connectivity index (χ1v) is 15.3. The summed E-state index contributed by atoms with van der Waals surface area (Å²) in [4.78, 5) is 35.5. The molecule has 0 saturated heterocycles. The van der Waals surface area contributed by atoms with Gasteiger partial charge in [-0.1, -0.05) is 53.3 Å². The lowest BCUT2D eigenvalue weighted by molar-refractivity contribution is -0.127. The maximum atomic E-state index is 14.3. The van der Waals surface area contributed by atoms with Crippen LogP contribution >= 0.6 is 22.9 Å². The van der Waals surface area contributed by atoms with Gasteiger partial charge in [0.05, 0.1) is 41.7 Å².